The second-order valence-corrected chi connectivity index (χ2v) is 11.5. The lowest BCUT2D eigenvalue weighted by Crippen LogP contribution is -2.37. The highest BCUT2D eigenvalue weighted by molar-refractivity contribution is 7.99. The lowest BCUT2D eigenvalue weighted by Gasteiger charge is -2.36. The summed E-state index contributed by atoms with van der Waals surface area (Å²) in [6.07, 6.45) is 2.20. The molecule has 8 heteroatoms. The van der Waals surface area contributed by atoms with Gasteiger partial charge in [0, 0.05) is 34.7 Å². The van der Waals surface area contributed by atoms with Gasteiger partial charge in [0.2, 0.25) is 0 Å². The molecule has 1 N–H and O–H groups in total. The Hall–Kier alpha value is -3.78. The Bertz CT molecular complexity index is 1600. The fraction of sp³-hybridized carbons (Fsp3) is 0.344. The van der Waals surface area contributed by atoms with E-state index in [0.29, 0.717) is 40.1 Å². The molecule has 0 radical (unpaired) electrons. The Morgan fingerprint density at radius 2 is 1.95 bits per heavy atom. The molecular formula is C32H33NO6S. The first-order valence-corrected chi connectivity index (χ1v) is 14.6. The molecule has 7 nitrogen and oxygen atoms in total. The van der Waals surface area contributed by atoms with E-state index < -0.39 is 11.9 Å². The molecule has 2 atom stereocenters. The monoisotopic (exact) mass is 559 g/mol. The molecule has 0 saturated carbocycles. The normalized spacial score (nSPS) is 18.9. The van der Waals surface area contributed by atoms with Crippen LogP contribution in [0.5, 0.6) is 5.75 Å². The van der Waals surface area contributed by atoms with Gasteiger partial charge >= 0.3 is 5.97 Å². The number of ether oxygens (including phenoxy) is 2. The number of dihydropyridines is 1. The predicted octanol–water partition coefficient (Wildman–Crippen LogP) is 5.77. The Kier molecular flexibility index (Phi) is 8.17. The van der Waals surface area contributed by atoms with Crippen molar-refractivity contribution in [1.29, 1.82) is 0 Å². The lowest BCUT2D eigenvalue weighted by atomic mass is 9.72. The van der Waals surface area contributed by atoms with Crippen molar-refractivity contribution in [2.45, 2.75) is 45.4 Å². The van der Waals surface area contributed by atoms with Gasteiger partial charge in [-0.05, 0) is 61.8 Å². The number of thioether (sulfide) groups is 1. The second-order valence-electron chi connectivity index (χ2n) is 10.1. The molecule has 208 valence electrons. The molecule has 1 aliphatic carbocycles. The number of methoxy groups -OCH3 is 1. The third-order valence-corrected chi connectivity index (χ3v) is 8.41. The SMILES string of the molecule is CCSCCOC(=O)C1=C(C)NC2=C(C(=O)C[C@H](c3cccc(OC)c3)C2)[C@@H]1c1coc2ccc(C)cc2c1=O. The highest BCUT2D eigenvalue weighted by atomic mass is 32.2. The van der Waals surface area contributed by atoms with Crippen molar-refractivity contribution in [2.75, 3.05) is 25.2 Å². The summed E-state index contributed by atoms with van der Waals surface area (Å²) >= 11 is 1.67. The number of carbonyl (C=O) groups excluding carboxylic acids is 2. The molecule has 0 unspecified atom stereocenters. The number of Topliss-reactive ketones (excluding diaryl/α,β-unsaturated/α-hetero) is 1. The molecule has 2 aromatic carbocycles. The molecule has 0 spiro atoms. The van der Waals surface area contributed by atoms with Gasteiger partial charge in [0.05, 0.1) is 30.3 Å². The van der Waals surface area contributed by atoms with Gasteiger partial charge in [-0.1, -0.05) is 30.7 Å². The zero-order valence-corrected chi connectivity index (χ0v) is 24.0. The minimum atomic E-state index is -0.887. The van der Waals surface area contributed by atoms with Crippen LogP contribution >= 0.6 is 11.8 Å². The maximum atomic E-state index is 13.9. The predicted molar refractivity (Wildman–Crippen MR) is 157 cm³/mol. The van der Waals surface area contributed by atoms with Crippen molar-refractivity contribution in [2.24, 2.45) is 0 Å². The summed E-state index contributed by atoms with van der Waals surface area (Å²) < 4.78 is 16.9. The summed E-state index contributed by atoms with van der Waals surface area (Å²) in [6.45, 7) is 5.98. The van der Waals surface area contributed by atoms with Crippen LogP contribution in [0.15, 0.2) is 80.5 Å². The van der Waals surface area contributed by atoms with Crippen molar-refractivity contribution in [3.05, 3.63) is 98.2 Å². The number of fused-ring (bicyclic) bond motifs is 1. The number of allylic oxidation sites excluding steroid dienone is 3. The van der Waals surface area contributed by atoms with Crippen LogP contribution in [-0.2, 0) is 14.3 Å². The summed E-state index contributed by atoms with van der Waals surface area (Å²) in [6, 6.07) is 13.1. The topological polar surface area (TPSA) is 94.8 Å². The molecule has 0 amide bonds. The highest BCUT2D eigenvalue weighted by Crippen LogP contribution is 2.45. The molecule has 0 saturated heterocycles. The van der Waals surface area contributed by atoms with Crippen molar-refractivity contribution in [3.63, 3.8) is 0 Å². The number of esters is 1. The number of hydrogen-bond acceptors (Lipinski definition) is 8. The van der Waals surface area contributed by atoms with E-state index in [9.17, 15) is 14.4 Å². The molecular weight excluding hydrogens is 526 g/mol. The number of benzene rings is 2. The second kappa shape index (κ2) is 11.8. The zero-order valence-electron chi connectivity index (χ0n) is 23.2. The number of carbonyl (C=O) groups is 2. The number of rotatable bonds is 8. The fourth-order valence-corrected chi connectivity index (χ4v) is 6.12. The van der Waals surface area contributed by atoms with Gasteiger partial charge in [-0.25, -0.2) is 4.79 Å². The standard InChI is InChI=1S/C32H33NO6S/c1-5-40-12-11-38-32(36)28-19(3)33-25-15-21(20-7-6-8-22(14-20)37-4)16-26(34)30(25)29(28)24-17-39-27-10-9-18(2)13-23(27)31(24)35/h6-10,13-14,17,21,29,33H,5,11-12,15-16H2,1-4H3/t21-,29-/m1/s1. The molecule has 40 heavy (non-hydrogen) atoms. The summed E-state index contributed by atoms with van der Waals surface area (Å²) in [5.74, 6) is 0.698. The number of ketones is 1. The van der Waals surface area contributed by atoms with E-state index in [1.807, 2.05) is 44.2 Å². The van der Waals surface area contributed by atoms with Crippen LogP contribution in [0, 0.1) is 6.92 Å². The van der Waals surface area contributed by atoms with E-state index in [1.165, 1.54) is 6.26 Å². The largest absolute Gasteiger partial charge is 0.497 e. The molecule has 3 aromatic rings. The Labute approximate surface area is 237 Å². The Morgan fingerprint density at radius 3 is 2.73 bits per heavy atom. The van der Waals surface area contributed by atoms with Gasteiger partial charge in [0.1, 0.15) is 17.9 Å². The van der Waals surface area contributed by atoms with E-state index in [0.717, 1.165) is 22.6 Å². The van der Waals surface area contributed by atoms with Gasteiger partial charge in [-0.2, -0.15) is 11.8 Å². The van der Waals surface area contributed by atoms with E-state index >= 15 is 0 Å². The summed E-state index contributed by atoms with van der Waals surface area (Å²) in [7, 11) is 1.62. The van der Waals surface area contributed by atoms with Crippen molar-refractivity contribution in [3.8, 4) is 5.75 Å². The van der Waals surface area contributed by atoms with Gasteiger partial charge in [-0.3, -0.25) is 9.59 Å². The smallest absolute Gasteiger partial charge is 0.336 e. The van der Waals surface area contributed by atoms with Crippen LogP contribution in [-0.4, -0.2) is 37.0 Å². The number of nitrogens with one attached hydrogen (secondary N) is 1. The van der Waals surface area contributed by atoms with Gasteiger partial charge in [-0.15, -0.1) is 0 Å². The summed E-state index contributed by atoms with van der Waals surface area (Å²) in [4.78, 5) is 41.3. The van der Waals surface area contributed by atoms with Crippen molar-refractivity contribution >= 4 is 34.5 Å². The van der Waals surface area contributed by atoms with Crippen LogP contribution in [0.3, 0.4) is 0 Å². The highest BCUT2D eigenvalue weighted by Gasteiger charge is 2.42. The van der Waals surface area contributed by atoms with E-state index in [2.05, 4.69) is 5.32 Å². The number of aryl methyl sites for hydroxylation is 1. The molecule has 5 rings (SSSR count). The Balaban J connectivity index is 1.61. The molecule has 0 bridgehead atoms. The van der Waals surface area contributed by atoms with Gasteiger partial charge in [0.15, 0.2) is 11.2 Å². The minimum Gasteiger partial charge on any atom is -0.497 e. The fourth-order valence-electron chi connectivity index (χ4n) is 5.63. The molecule has 2 aliphatic rings. The maximum Gasteiger partial charge on any atom is 0.336 e. The molecule has 0 fully saturated rings. The van der Waals surface area contributed by atoms with Crippen molar-refractivity contribution in [1.82, 2.24) is 5.32 Å². The van der Waals surface area contributed by atoms with Gasteiger partial charge < -0.3 is 19.2 Å². The van der Waals surface area contributed by atoms with E-state index in [-0.39, 0.29) is 41.3 Å². The van der Waals surface area contributed by atoms with Crippen molar-refractivity contribution < 1.29 is 23.5 Å². The molecule has 1 aromatic heterocycles. The first-order valence-electron chi connectivity index (χ1n) is 13.5. The van der Waals surface area contributed by atoms with Crippen LogP contribution in [0.1, 0.15) is 55.2 Å². The van der Waals surface area contributed by atoms with Crippen LogP contribution in [0.25, 0.3) is 11.0 Å². The summed E-state index contributed by atoms with van der Waals surface area (Å²) in [5, 5.41) is 3.76. The number of hydrogen-bond donors (Lipinski definition) is 1. The average molecular weight is 560 g/mol. The maximum absolute atomic E-state index is 13.9. The quantitative estimate of drug-likeness (QED) is 0.275. The first kappa shape index (κ1) is 27.8. The van der Waals surface area contributed by atoms with Crippen LogP contribution in [0.4, 0.5) is 0 Å². The molecule has 2 heterocycles. The van der Waals surface area contributed by atoms with Crippen LogP contribution < -0.4 is 15.5 Å². The first-order chi connectivity index (χ1) is 19.3. The van der Waals surface area contributed by atoms with E-state index in [1.54, 1.807) is 37.9 Å². The zero-order chi connectivity index (χ0) is 28.4. The third kappa shape index (κ3) is 5.32. The lowest BCUT2D eigenvalue weighted by molar-refractivity contribution is -0.138. The third-order valence-electron chi connectivity index (χ3n) is 7.54. The summed E-state index contributed by atoms with van der Waals surface area (Å²) in [5.41, 5.74) is 4.35. The molecule has 1 aliphatic heterocycles. The average Bonchev–Trinajstić information content (AvgIpc) is 2.95. The van der Waals surface area contributed by atoms with Crippen LogP contribution in [0.2, 0.25) is 0 Å². The van der Waals surface area contributed by atoms with Gasteiger partial charge in [0.25, 0.3) is 0 Å². The minimum absolute atomic E-state index is 0.0717. The van der Waals surface area contributed by atoms with E-state index in [4.69, 9.17) is 13.9 Å². The Morgan fingerprint density at radius 1 is 1.12 bits per heavy atom.